The fourth-order valence-electron chi connectivity index (χ4n) is 1.78. The Morgan fingerprint density at radius 2 is 2.06 bits per heavy atom. The summed E-state index contributed by atoms with van der Waals surface area (Å²) in [5.41, 5.74) is 1.33. The Balaban J connectivity index is 1.83. The number of nitrogens with zero attached hydrogens (tertiary/aromatic N) is 3. The smallest absolute Gasteiger partial charge is 0.146 e. The van der Waals surface area contributed by atoms with Gasteiger partial charge in [-0.3, -0.25) is 0 Å². The van der Waals surface area contributed by atoms with Crippen LogP contribution in [-0.4, -0.2) is 20.8 Å². The van der Waals surface area contributed by atoms with E-state index in [0.717, 1.165) is 23.3 Å². The van der Waals surface area contributed by atoms with Crippen LogP contribution < -0.4 is 5.32 Å². The fourth-order valence-corrected chi connectivity index (χ4v) is 2.04. The molecule has 1 aromatic heterocycles. The topological polar surface area (TPSA) is 42.7 Å². The van der Waals surface area contributed by atoms with Gasteiger partial charge in [-0.1, -0.05) is 28.1 Å². The zero-order valence-electron chi connectivity index (χ0n) is 10.6. The van der Waals surface area contributed by atoms with E-state index in [0.29, 0.717) is 6.04 Å². The van der Waals surface area contributed by atoms with Crippen molar-refractivity contribution in [3.05, 3.63) is 46.5 Å². The standard InChI is InChI=1S/C13H17BrN4/c1-10(7-11-3-5-12(14)6-4-11)15-8-13-17-16-9-18(13)2/h3-6,9-10,15H,7-8H2,1-2H3. The molecule has 1 unspecified atom stereocenters. The fraction of sp³-hybridized carbons (Fsp3) is 0.385. The van der Waals surface area contributed by atoms with Crippen molar-refractivity contribution in [3.63, 3.8) is 0 Å². The van der Waals surface area contributed by atoms with Crippen molar-refractivity contribution in [2.75, 3.05) is 0 Å². The molecule has 2 rings (SSSR count). The Bertz CT molecular complexity index is 492. The molecule has 1 aromatic carbocycles. The predicted molar refractivity (Wildman–Crippen MR) is 75.2 cm³/mol. The third kappa shape index (κ3) is 3.65. The van der Waals surface area contributed by atoms with Crippen molar-refractivity contribution >= 4 is 15.9 Å². The van der Waals surface area contributed by atoms with E-state index in [4.69, 9.17) is 0 Å². The molecule has 1 atom stereocenters. The summed E-state index contributed by atoms with van der Waals surface area (Å²) in [6.07, 6.45) is 2.72. The molecule has 0 saturated carbocycles. The van der Waals surface area contributed by atoms with Crippen LogP contribution in [0.15, 0.2) is 35.1 Å². The van der Waals surface area contributed by atoms with Gasteiger partial charge < -0.3 is 9.88 Å². The summed E-state index contributed by atoms with van der Waals surface area (Å²) in [4.78, 5) is 0. The minimum Gasteiger partial charge on any atom is -0.320 e. The maximum Gasteiger partial charge on any atom is 0.146 e. The molecule has 0 radical (unpaired) electrons. The zero-order chi connectivity index (χ0) is 13.0. The van der Waals surface area contributed by atoms with Gasteiger partial charge >= 0.3 is 0 Å². The van der Waals surface area contributed by atoms with Gasteiger partial charge in [0.1, 0.15) is 12.2 Å². The number of hydrogen-bond donors (Lipinski definition) is 1. The maximum atomic E-state index is 4.05. The van der Waals surface area contributed by atoms with Gasteiger partial charge in [0.05, 0.1) is 6.54 Å². The highest BCUT2D eigenvalue weighted by Crippen LogP contribution is 2.11. The summed E-state index contributed by atoms with van der Waals surface area (Å²) in [5, 5.41) is 11.4. The molecule has 0 saturated heterocycles. The maximum absolute atomic E-state index is 4.05. The molecule has 1 heterocycles. The Kier molecular flexibility index (Phi) is 4.49. The number of hydrogen-bond acceptors (Lipinski definition) is 3. The van der Waals surface area contributed by atoms with Crippen LogP contribution in [-0.2, 0) is 20.0 Å². The number of aromatic nitrogens is 3. The molecule has 5 heteroatoms. The quantitative estimate of drug-likeness (QED) is 0.921. The van der Waals surface area contributed by atoms with Crippen LogP contribution in [0.5, 0.6) is 0 Å². The van der Waals surface area contributed by atoms with Gasteiger partial charge in [-0.2, -0.15) is 0 Å². The van der Waals surface area contributed by atoms with E-state index in [1.165, 1.54) is 5.56 Å². The number of benzene rings is 1. The zero-order valence-corrected chi connectivity index (χ0v) is 12.2. The van der Waals surface area contributed by atoms with Crippen molar-refractivity contribution in [1.82, 2.24) is 20.1 Å². The molecule has 1 N–H and O–H groups in total. The molecule has 0 amide bonds. The Morgan fingerprint density at radius 3 is 2.67 bits per heavy atom. The average Bonchev–Trinajstić information content (AvgIpc) is 2.75. The highest BCUT2D eigenvalue weighted by molar-refractivity contribution is 9.10. The summed E-state index contributed by atoms with van der Waals surface area (Å²) in [7, 11) is 1.95. The van der Waals surface area contributed by atoms with Crippen molar-refractivity contribution in [2.24, 2.45) is 7.05 Å². The van der Waals surface area contributed by atoms with Gasteiger partial charge in [0.25, 0.3) is 0 Å². The molecule has 0 aliphatic carbocycles. The van der Waals surface area contributed by atoms with Crippen molar-refractivity contribution in [2.45, 2.75) is 25.9 Å². The Morgan fingerprint density at radius 1 is 1.33 bits per heavy atom. The molecule has 0 aliphatic rings. The monoisotopic (exact) mass is 308 g/mol. The van der Waals surface area contributed by atoms with E-state index in [2.05, 4.69) is 62.6 Å². The van der Waals surface area contributed by atoms with E-state index in [-0.39, 0.29) is 0 Å². The molecule has 4 nitrogen and oxygen atoms in total. The van der Waals surface area contributed by atoms with Crippen LogP contribution in [0.1, 0.15) is 18.3 Å². The summed E-state index contributed by atoms with van der Waals surface area (Å²) in [6.45, 7) is 2.92. The van der Waals surface area contributed by atoms with E-state index in [1.54, 1.807) is 6.33 Å². The van der Waals surface area contributed by atoms with E-state index < -0.39 is 0 Å². The first kappa shape index (κ1) is 13.2. The van der Waals surface area contributed by atoms with Crippen molar-refractivity contribution in [1.29, 1.82) is 0 Å². The largest absolute Gasteiger partial charge is 0.320 e. The second-order valence-electron chi connectivity index (χ2n) is 4.47. The molecule has 2 aromatic rings. The van der Waals surface area contributed by atoms with Crippen LogP contribution in [0.25, 0.3) is 0 Å². The molecule has 0 aliphatic heterocycles. The van der Waals surface area contributed by atoms with Gasteiger partial charge in [-0.25, -0.2) is 0 Å². The number of rotatable bonds is 5. The number of nitrogens with one attached hydrogen (secondary N) is 1. The molecule has 0 spiro atoms. The molecule has 0 fully saturated rings. The summed E-state index contributed by atoms with van der Waals surface area (Å²) >= 11 is 3.44. The van der Waals surface area contributed by atoms with Crippen LogP contribution in [0.4, 0.5) is 0 Å². The first-order valence-corrected chi connectivity index (χ1v) is 6.75. The minimum atomic E-state index is 0.405. The first-order chi connectivity index (χ1) is 8.65. The van der Waals surface area contributed by atoms with Crippen LogP contribution in [0.3, 0.4) is 0 Å². The van der Waals surface area contributed by atoms with Crippen LogP contribution >= 0.6 is 15.9 Å². The lowest BCUT2D eigenvalue weighted by Crippen LogP contribution is -2.28. The average molecular weight is 309 g/mol. The van der Waals surface area contributed by atoms with Crippen molar-refractivity contribution < 1.29 is 0 Å². The Labute approximate surface area is 116 Å². The van der Waals surface area contributed by atoms with E-state index in [1.807, 2.05) is 11.6 Å². The highest BCUT2D eigenvalue weighted by Gasteiger charge is 2.05. The van der Waals surface area contributed by atoms with Crippen molar-refractivity contribution in [3.8, 4) is 0 Å². The van der Waals surface area contributed by atoms with Gasteiger partial charge in [-0.05, 0) is 31.0 Å². The van der Waals surface area contributed by atoms with Gasteiger partial charge in [-0.15, -0.1) is 10.2 Å². The predicted octanol–water partition coefficient (Wildman–Crippen LogP) is 2.30. The second-order valence-corrected chi connectivity index (χ2v) is 5.39. The lowest BCUT2D eigenvalue weighted by Gasteiger charge is -2.13. The molecule has 18 heavy (non-hydrogen) atoms. The highest BCUT2D eigenvalue weighted by atomic mass is 79.9. The lowest BCUT2D eigenvalue weighted by atomic mass is 10.1. The summed E-state index contributed by atoms with van der Waals surface area (Å²) < 4.78 is 3.05. The normalized spacial score (nSPS) is 12.6. The SMILES string of the molecule is CC(Cc1ccc(Br)cc1)NCc1nncn1C. The van der Waals surface area contributed by atoms with Crippen LogP contribution in [0.2, 0.25) is 0 Å². The Hall–Kier alpha value is -1.20. The summed E-state index contributed by atoms with van der Waals surface area (Å²) in [6, 6.07) is 8.84. The van der Waals surface area contributed by atoms with E-state index >= 15 is 0 Å². The minimum absolute atomic E-state index is 0.405. The van der Waals surface area contributed by atoms with Crippen LogP contribution in [0, 0.1) is 0 Å². The van der Waals surface area contributed by atoms with Gasteiger partial charge in [0.15, 0.2) is 0 Å². The number of aryl methyl sites for hydroxylation is 1. The molecule has 96 valence electrons. The second kappa shape index (κ2) is 6.11. The van der Waals surface area contributed by atoms with E-state index in [9.17, 15) is 0 Å². The first-order valence-electron chi connectivity index (χ1n) is 5.96. The number of halogens is 1. The molecular weight excluding hydrogens is 292 g/mol. The molecule has 0 bridgehead atoms. The molecular formula is C13H17BrN4. The lowest BCUT2D eigenvalue weighted by molar-refractivity contribution is 0.525. The third-order valence-corrected chi connectivity index (χ3v) is 3.40. The summed E-state index contributed by atoms with van der Waals surface area (Å²) in [5.74, 6) is 0.956. The third-order valence-electron chi connectivity index (χ3n) is 2.87. The van der Waals surface area contributed by atoms with Gasteiger partial charge in [0.2, 0.25) is 0 Å². The van der Waals surface area contributed by atoms with Gasteiger partial charge in [0, 0.05) is 17.6 Å².